The van der Waals surface area contributed by atoms with Gasteiger partial charge in [0.15, 0.2) is 0 Å². The van der Waals surface area contributed by atoms with Crippen LogP contribution in [-0.2, 0) is 5.54 Å². The Hall–Kier alpha value is -3.22. The standard InChI is InChI=1S/C15H13N7O/c16-20-19-15(11-7-3-1-4-8-11,12-9-5-2-6-10-12)13(23)14-17-21-22-18-14/h1-10,13,23H,(H,17,18,21,22). The van der Waals surface area contributed by atoms with E-state index >= 15 is 0 Å². The third kappa shape index (κ3) is 2.52. The van der Waals surface area contributed by atoms with E-state index in [-0.39, 0.29) is 5.82 Å². The van der Waals surface area contributed by atoms with Gasteiger partial charge in [-0.3, -0.25) is 0 Å². The van der Waals surface area contributed by atoms with E-state index in [4.69, 9.17) is 5.53 Å². The Morgan fingerprint density at radius 1 is 1.04 bits per heavy atom. The number of tetrazole rings is 1. The highest BCUT2D eigenvalue weighted by atomic mass is 16.3. The molecule has 0 fully saturated rings. The van der Waals surface area contributed by atoms with E-state index in [0.717, 1.165) is 0 Å². The largest absolute Gasteiger partial charge is 0.383 e. The Morgan fingerprint density at radius 3 is 2.04 bits per heavy atom. The fraction of sp³-hybridized carbons (Fsp3) is 0.133. The van der Waals surface area contributed by atoms with Crippen molar-refractivity contribution in [1.82, 2.24) is 20.6 Å². The van der Waals surface area contributed by atoms with Gasteiger partial charge >= 0.3 is 0 Å². The Labute approximate surface area is 131 Å². The van der Waals surface area contributed by atoms with Gasteiger partial charge in [-0.1, -0.05) is 71.0 Å². The lowest BCUT2D eigenvalue weighted by atomic mass is 9.78. The van der Waals surface area contributed by atoms with Crippen molar-refractivity contribution in [3.8, 4) is 0 Å². The molecule has 1 heterocycles. The molecule has 0 aliphatic heterocycles. The summed E-state index contributed by atoms with van der Waals surface area (Å²) in [5.41, 5.74) is 9.00. The van der Waals surface area contributed by atoms with Gasteiger partial charge in [-0.2, -0.15) is 5.21 Å². The zero-order valence-corrected chi connectivity index (χ0v) is 12.0. The first-order valence-corrected chi connectivity index (χ1v) is 6.87. The number of benzene rings is 2. The lowest BCUT2D eigenvalue weighted by molar-refractivity contribution is 0.0967. The van der Waals surface area contributed by atoms with E-state index in [1.54, 1.807) is 24.3 Å². The number of nitrogens with zero attached hydrogens (tertiary/aromatic N) is 6. The van der Waals surface area contributed by atoms with Crippen molar-refractivity contribution in [3.63, 3.8) is 0 Å². The summed E-state index contributed by atoms with van der Waals surface area (Å²) in [4.78, 5) is 2.97. The van der Waals surface area contributed by atoms with Crippen molar-refractivity contribution in [2.24, 2.45) is 5.11 Å². The van der Waals surface area contributed by atoms with E-state index in [2.05, 4.69) is 30.7 Å². The van der Waals surface area contributed by atoms with Crippen LogP contribution in [0.2, 0.25) is 0 Å². The molecular formula is C15H13N7O. The summed E-state index contributed by atoms with van der Waals surface area (Å²) < 4.78 is 0. The highest BCUT2D eigenvalue weighted by Crippen LogP contribution is 2.43. The van der Waals surface area contributed by atoms with Gasteiger partial charge in [0.2, 0.25) is 5.82 Å². The van der Waals surface area contributed by atoms with Crippen LogP contribution in [0.25, 0.3) is 10.4 Å². The Kier molecular flexibility index (Phi) is 4.01. The van der Waals surface area contributed by atoms with Crippen molar-refractivity contribution in [2.45, 2.75) is 11.6 Å². The third-order valence-electron chi connectivity index (χ3n) is 3.63. The number of rotatable bonds is 5. The van der Waals surface area contributed by atoms with Crippen LogP contribution in [0.5, 0.6) is 0 Å². The first-order chi connectivity index (χ1) is 11.3. The molecule has 0 aliphatic carbocycles. The summed E-state index contributed by atoms with van der Waals surface area (Å²) in [5, 5.41) is 28.3. The SMILES string of the molecule is [N-]=[N+]=NC(c1ccccc1)(c1ccccc1)C(O)c1nn[nH]n1. The zero-order chi connectivity index (χ0) is 16.1. The second-order valence-corrected chi connectivity index (χ2v) is 4.86. The van der Waals surface area contributed by atoms with E-state index in [1.165, 1.54) is 0 Å². The molecule has 8 nitrogen and oxygen atoms in total. The van der Waals surface area contributed by atoms with Crippen LogP contribution < -0.4 is 0 Å². The smallest absolute Gasteiger partial charge is 0.204 e. The molecule has 3 rings (SSSR count). The van der Waals surface area contributed by atoms with Crippen LogP contribution in [-0.4, -0.2) is 25.7 Å². The summed E-state index contributed by atoms with van der Waals surface area (Å²) in [7, 11) is 0. The molecule has 8 heteroatoms. The number of aliphatic hydroxyl groups excluding tert-OH is 1. The minimum Gasteiger partial charge on any atom is -0.383 e. The number of aromatic nitrogens is 4. The van der Waals surface area contributed by atoms with Crippen molar-refractivity contribution >= 4 is 0 Å². The van der Waals surface area contributed by atoms with Gasteiger partial charge < -0.3 is 5.11 Å². The maximum atomic E-state index is 10.9. The maximum absolute atomic E-state index is 10.9. The highest BCUT2D eigenvalue weighted by Gasteiger charge is 2.43. The molecule has 23 heavy (non-hydrogen) atoms. The van der Waals surface area contributed by atoms with Gasteiger partial charge in [-0.15, -0.1) is 10.2 Å². The number of azide groups is 1. The normalized spacial score (nSPS) is 12.4. The van der Waals surface area contributed by atoms with E-state index in [9.17, 15) is 5.11 Å². The first-order valence-electron chi connectivity index (χ1n) is 6.87. The van der Waals surface area contributed by atoms with Gasteiger partial charge in [0.05, 0.1) is 0 Å². The molecule has 3 aromatic rings. The average Bonchev–Trinajstić information content (AvgIpc) is 3.15. The van der Waals surface area contributed by atoms with Crippen molar-refractivity contribution in [1.29, 1.82) is 0 Å². The fourth-order valence-corrected chi connectivity index (χ4v) is 2.58. The summed E-state index contributed by atoms with van der Waals surface area (Å²) >= 11 is 0. The van der Waals surface area contributed by atoms with Gasteiger partial charge in [-0.25, -0.2) is 0 Å². The average molecular weight is 307 g/mol. The highest BCUT2D eigenvalue weighted by molar-refractivity contribution is 5.41. The Bertz CT molecular complexity index is 759. The lowest BCUT2D eigenvalue weighted by Gasteiger charge is -2.33. The molecular weight excluding hydrogens is 294 g/mol. The first kappa shape index (κ1) is 14.7. The third-order valence-corrected chi connectivity index (χ3v) is 3.63. The van der Waals surface area contributed by atoms with Crippen molar-refractivity contribution in [2.75, 3.05) is 0 Å². The van der Waals surface area contributed by atoms with Crippen molar-refractivity contribution < 1.29 is 5.11 Å². The fourth-order valence-electron chi connectivity index (χ4n) is 2.58. The predicted molar refractivity (Wildman–Crippen MR) is 81.9 cm³/mol. The second-order valence-electron chi connectivity index (χ2n) is 4.86. The number of aliphatic hydroxyl groups is 1. The van der Waals surface area contributed by atoms with Gasteiger partial charge in [-0.05, 0) is 16.7 Å². The molecule has 0 saturated heterocycles. The van der Waals surface area contributed by atoms with Crippen LogP contribution in [0.15, 0.2) is 65.8 Å². The molecule has 2 N–H and O–H groups in total. The van der Waals surface area contributed by atoms with E-state index in [0.29, 0.717) is 11.1 Å². The Morgan fingerprint density at radius 2 is 1.61 bits per heavy atom. The van der Waals surface area contributed by atoms with Gasteiger partial charge in [0.1, 0.15) is 11.6 Å². The van der Waals surface area contributed by atoms with E-state index < -0.39 is 11.6 Å². The quantitative estimate of drug-likeness (QED) is 0.427. The number of aromatic amines is 1. The number of nitrogens with one attached hydrogen (secondary N) is 1. The Balaban J connectivity index is 2.29. The monoisotopic (exact) mass is 307 g/mol. The van der Waals surface area contributed by atoms with Crippen LogP contribution in [0, 0.1) is 0 Å². The van der Waals surface area contributed by atoms with Crippen LogP contribution in [0.1, 0.15) is 23.1 Å². The molecule has 1 aromatic heterocycles. The molecule has 0 amide bonds. The molecule has 2 aromatic carbocycles. The molecule has 1 unspecified atom stereocenters. The molecule has 0 aliphatic rings. The minimum atomic E-state index is -1.40. The summed E-state index contributed by atoms with van der Waals surface area (Å²) in [6.07, 6.45) is -1.30. The lowest BCUT2D eigenvalue weighted by Crippen LogP contribution is -2.33. The van der Waals surface area contributed by atoms with Gasteiger partial charge in [0.25, 0.3) is 0 Å². The van der Waals surface area contributed by atoms with Gasteiger partial charge in [0, 0.05) is 4.91 Å². The maximum Gasteiger partial charge on any atom is 0.204 e. The molecule has 0 bridgehead atoms. The van der Waals surface area contributed by atoms with Crippen molar-refractivity contribution in [3.05, 3.63) is 88.1 Å². The second kappa shape index (κ2) is 6.27. The molecule has 114 valence electrons. The molecule has 0 radical (unpaired) electrons. The number of H-pyrrole nitrogens is 1. The van der Waals surface area contributed by atoms with Crippen LogP contribution in [0.3, 0.4) is 0 Å². The number of hydrogen-bond donors (Lipinski definition) is 2. The minimum absolute atomic E-state index is 0.0464. The summed E-state index contributed by atoms with van der Waals surface area (Å²) in [6, 6.07) is 18.1. The predicted octanol–water partition coefficient (Wildman–Crippen LogP) is 2.49. The molecule has 1 atom stereocenters. The molecule has 0 saturated carbocycles. The zero-order valence-electron chi connectivity index (χ0n) is 12.0. The molecule has 0 spiro atoms. The van der Waals surface area contributed by atoms with Crippen LogP contribution in [0.4, 0.5) is 0 Å². The number of hydrogen-bond acceptors (Lipinski definition) is 5. The van der Waals surface area contributed by atoms with Crippen LogP contribution >= 0.6 is 0 Å². The topological polar surface area (TPSA) is 123 Å². The summed E-state index contributed by atoms with van der Waals surface area (Å²) in [5.74, 6) is 0.0464. The van der Waals surface area contributed by atoms with E-state index in [1.807, 2.05) is 36.4 Å². The summed E-state index contributed by atoms with van der Waals surface area (Å²) in [6.45, 7) is 0.